The van der Waals surface area contributed by atoms with Gasteiger partial charge in [-0.1, -0.05) is 28.1 Å². The molecular formula is C22H18BrN5O5. The first-order chi connectivity index (χ1) is 15.8. The Kier molecular flexibility index (Phi) is 7.82. The number of nitro benzene ring substituents is 1. The Bertz CT molecular complexity index is 1250. The van der Waals surface area contributed by atoms with Gasteiger partial charge < -0.3 is 9.84 Å². The number of nitrogens with zero attached hydrogens (tertiary/aromatic N) is 4. The van der Waals surface area contributed by atoms with Gasteiger partial charge in [-0.15, -0.1) is 0 Å². The van der Waals surface area contributed by atoms with E-state index >= 15 is 0 Å². The fraction of sp³-hybridized carbons (Fsp3) is 0.0909. The number of benzene rings is 3. The summed E-state index contributed by atoms with van der Waals surface area (Å²) in [5.41, 5.74) is 4.12. The molecule has 168 valence electrons. The zero-order chi connectivity index (χ0) is 23.8. The van der Waals surface area contributed by atoms with Gasteiger partial charge in [-0.3, -0.25) is 14.9 Å². The molecule has 0 aromatic heterocycles. The molecular weight excluding hydrogens is 494 g/mol. The van der Waals surface area contributed by atoms with Crippen LogP contribution in [0.3, 0.4) is 0 Å². The van der Waals surface area contributed by atoms with Gasteiger partial charge in [-0.05, 0) is 55.0 Å². The van der Waals surface area contributed by atoms with E-state index in [4.69, 9.17) is 4.74 Å². The molecule has 0 bridgehead atoms. The van der Waals surface area contributed by atoms with Crippen LogP contribution in [-0.4, -0.2) is 28.8 Å². The number of hydrogen-bond donors (Lipinski definition) is 2. The van der Waals surface area contributed by atoms with E-state index in [1.807, 2.05) is 12.1 Å². The normalized spacial score (nSPS) is 11.1. The van der Waals surface area contributed by atoms with Gasteiger partial charge in [0.25, 0.3) is 5.91 Å². The zero-order valence-electron chi connectivity index (χ0n) is 17.3. The predicted molar refractivity (Wildman–Crippen MR) is 125 cm³/mol. The number of aromatic hydroxyl groups is 1. The fourth-order valence-corrected chi connectivity index (χ4v) is 2.99. The summed E-state index contributed by atoms with van der Waals surface area (Å²) in [6.07, 6.45) is 1.24. The second-order valence-electron chi connectivity index (χ2n) is 6.73. The first-order valence-corrected chi connectivity index (χ1v) is 10.3. The highest BCUT2D eigenvalue weighted by atomic mass is 79.9. The minimum Gasteiger partial charge on any atom is -0.507 e. The smallest absolute Gasteiger partial charge is 0.311 e. The monoisotopic (exact) mass is 511 g/mol. The number of ether oxygens (including phenoxy) is 1. The average molecular weight is 512 g/mol. The second-order valence-corrected chi connectivity index (χ2v) is 7.65. The summed E-state index contributed by atoms with van der Waals surface area (Å²) in [6.45, 7) is 1.23. The van der Waals surface area contributed by atoms with Crippen molar-refractivity contribution < 1.29 is 19.6 Å². The number of phenols is 1. The quantitative estimate of drug-likeness (QED) is 0.182. The number of azo groups is 1. The van der Waals surface area contributed by atoms with Crippen molar-refractivity contribution in [2.24, 2.45) is 15.3 Å². The summed E-state index contributed by atoms with van der Waals surface area (Å²) >= 11 is 3.36. The van der Waals surface area contributed by atoms with Gasteiger partial charge in [0.15, 0.2) is 12.4 Å². The number of amides is 1. The van der Waals surface area contributed by atoms with Crippen LogP contribution in [0.15, 0.2) is 80.5 Å². The van der Waals surface area contributed by atoms with Gasteiger partial charge in [-0.2, -0.15) is 15.3 Å². The second kappa shape index (κ2) is 11.0. The van der Waals surface area contributed by atoms with Gasteiger partial charge in [0, 0.05) is 16.1 Å². The highest BCUT2D eigenvalue weighted by Crippen LogP contribution is 2.28. The molecule has 0 saturated carbocycles. The molecule has 10 nitrogen and oxygen atoms in total. The van der Waals surface area contributed by atoms with Gasteiger partial charge in [-0.25, -0.2) is 5.43 Å². The Morgan fingerprint density at radius 3 is 2.64 bits per heavy atom. The molecule has 0 fully saturated rings. The molecule has 0 unspecified atom stereocenters. The van der Waals surface area contributed by atoms with Gasteiger partial charge in [0.05, 0.1) is 22.5 Å². The first kappa shape index (κ1) is 23.5. The maximum absolute atomic E-state index is 12.0. The van der Waals surface area contributed by atoms with E-state index in [1.54, 1.807) is 37.3 Å². The van der Waals surface area contributed by atoms with Crippen molar-refractivity contribution in [2.45, 2.75) is 6.92 Å². The van der Waals surface area contributed by atoms with Crippen LogP contribution in [0.1, 0.15) is 11.1 Å². The summed E-state index contributed by atoms with van der Waals surface area (Å²) in [5.74, 6) is -0.724. The lowest BCUT2D eigenvalue weighted by Gasteiger charge is -2.06. The fourth-order valence-electron chi connectivity index (χ4n) is 2.60. The van der Waals surface area contributed by atoms with Crippen LogP contribution in [0.2, 0.25) is 0 Å². The number of rotatable bonds is 8. The molecule has 33 heavy (non-hydrogen) atoms. The van der Waals surface area contributed by atoms with Crippen LogP contribution < -0.4 is 10.2 Å². The molecule has 0 heterocycles. The molecule has 3 aromatic rings. The Labute approximate surface area is 196 Å². The summed E-state index contributed by atoms with van der Waals surface area (Å²) in [5, 5.41) is 33.2. The minimum atomic E-state index is -0.633. The number of hydrazone groups is 1. The zero-order valence-corrected chi connectivity index (χ0v) is 18.9. The number of aryl methyl sites for hydroxylation is 1. The number of carbonyl (C=O) groups excluding carboxylic acids is 1. The molecule has 3 aromatic carbocycles. The van der Waals surface area contributed by atoms with Gasteiger partial charge >= 0.3 is 5.69 Å². The van der Waals surface area contributed by atoms with Gasteiger partial charge in [0.1, 0.15) is 5.75 Å². The molecule has 2 N–H and O–H groups in total. The maximum atomic E-state index is 12.0. The van der Waals surface area contributed by atoms with Gasteiger partial charge in [0.2, 0.25) is 0 Å². The van der Waals surface area contributed by atoms with E-state index in [9.17, 15) is 20.0 Å². The van der Waals surface area contributed by atoms with E-state index in [-0.39, 0.29) is 17.2 Å². The lowest BCUT2D eigenvalue weighted by molar-refractivity contribution is -0.385. The Balaban J connectivity index is 1.60. The highest BCUT2D eigenvalue weighted by molar-refractivity contribution is 9.10. The Morgan fingerprint density at radius 1 is 1.15 bits per heavy atom. The summed E-state index contributed by atoms with van der Waals surface area (Å²) in [7, 11) is 0. The molecule has 0 aliphatic carbocycles. The molecule has 0 aliphatic rings. The van der Waals surface area contributed by atoms with Crippen molar-refractivity contribution in [3.05, 3.63) is 86.4 Å². The third-order valence-corrected chi connectivity index (χ3v) is 4.66. The van der Waals surface area contributed by atoms with Crippen molar-refractivity contribution in [3.8, 4) is 11.5 Å². The Morgan fingerprint density at radius 2 is 1.91 bits per heavy atom. The van der Waals surface area contributed by atoms with E-state index in [2.05, 4.69) is 36.7 Å². The number of phenolic OH excluding ortho intramolecular Hbond substituents is 1. The molecule has 0 aliphatic heterocycles. The third-order valence-electron chi connectivity index (χ3n) is 4.16. The summed E-state index contributed by atoms with van der Waals surface area (Å²) in [6, 6.07) is 16.3. The molecule has 11 heteroatoms. The van der Waals surface area contributed by atoms with Crippen molar-refractivity contribution in [1.29, 1.82) is 0 Å². The predicted octanol–water partition coefficient (Wildman–Crippen LogP) is 5.32. The third kappa shape index (κ3) is 6.94. The molecule has 0 spiro atoms. The van der Waals surface area contributed by atoms with Crippen molar-refractivity contribution in [1.82, 2.24) is 5.43 Å². The average Bonchev–Trinajstić information content (AvgIpc) is 2.78. The molecule has 0 saturated heterocycles. The lowest BCUT2D eigenvalue weighted by atomic mass is 10.2. The summed E-state index contributed by atoms with van der Waals surface area (Å²) in [4.78, 5) is 22.5. The first-order valence-electron chi connectivity index (χ1n) is 9.52. The van der Waals surface area contributed by atoms with Crippen molar-refractivity contribution >= 4 is 45.1 Å². The molecule has 0 atom stereocenters. The largest absolute Gasteiger partial charge is 0.507 e. The number of carbonyl (C=O) groups is 1. The van der Waals surface area contributed by atoms with Crippen molar-refractivity contribution in [2.75, 3.05) is 6.61 Å². The van der Waals surface area contributed by atoms with E-state index in [1.165, 1.54) is 24.4 Å². The number of nitro groups is 1. The SMILES string of the molecule is Cc1ccc(OCC(=O)NN=Cc2cc(N=Nc3cccc(Br)c3)ccc2O)c([N+](=O)[O-])c1. The molecule has 0 radical (unpaired) electrons. The summed E-state index contributed by atoms with van der Waals surface area (Å²) < 4.78 is 6.11. The van der Waals surface area contributed by atoms with E-state index in [0.717, 1.165) is 4.47 Å². The van der Waals surface area contributed by atoms with Crippen molar-refractivity contribution in [3.63, 3.8) is 0 Å². The standard InChI is InChI=1S/C22H18BrN5O5/c1-14-5-8-21(19(9-14)28(31)32)33-13-22(30)27-24-12-15-10-18(6-7-20(15)29)26-25-17-4-2-3-16(23)11-17/h2-12,29H,13H2,1H3,(H,27,30). The Hall–Kier alpha value is -4.12. The molecule has 3 rings (SSSR count). The van der Waals surface area contributed by atoms with Crippen LogP contribution >= 0.6 is 15.9 Å². The van der Waals surface area contributed by atoms with Crippen LogP contribution in [0.4, 0.5) is 17.1 Å². The van der Waals surface area contributed by atoms with E-state index < -0.39 is 17.4 Å². The van der Waals surface area contributed by atoms with Crippen LogP contribution in [-0.2, 0) is 4.79 Å². The number of halogens is 1. The maximum Gasteiger partial charge on any atom is 0.311 e. The highest BCUT2D eigenvalue weighted by Gasteiger charge is 2.16. The van der Waals surface area contributed by atoms with Crippen LogP contribution in [0.5, 0.6) is 11.5 Å². The minimum absolute atomic E-state index is 0.0223. The topological polar surface area (TPSA) is 139 Å². The van der Waals surface area contributed by atoms with Crippen LogP contribution in [0.25, 0.3) is 0 Å². The lowest BCUT2D eigenvalue weighted by Crippen LogP contribution is -2.24. The van der Waals surface area contributed by atoms with E-state index in [0.29, 0.717) is 22.5 Å². The number of nitrogens with one attached hydrogen (secondary N) is 1. The molecule has 1 amide bonds. The number of hydrogen-bond acceptors (Lipinski definition) is 8. The van der Waals surface area contributed by atoms with Crippen LogP contribution in [0, 0.1) is 17.0 Å².